The van der Waals surface area contributed by atoms with Crippen molar-refractivity contribution >= 4 is 11.7 Å². The topological polar surface area (TPSA) is 75.4 Å². The van der Waals surface area contributed by atoms with Crippen LogP contribution in [-0.4, -0.2) is 52.5 Å². The van der Waals surface area contributed by atoms with Crippen LogP contribution in [0, 0.1) is 13.8 Å². The molecule has 0 radical (unpaired) electrons. The Labute approximate surface area is 131 Å². The molecule has 2 N–H and O–H groups in total. The van der Waals surface area contributed by atoms with Crippen molar-refractivity contribution in [2.24, 2.45) is 5.73 Å². The van der Waals surface area contributed by atoms with Gasteiger partial charge in [-0.15, -0.1) is 0 Å². The van der Waals surface area contributed by atoms with Crippen molar-refractivity contribution in [1.29, 1.82) is 0 Å². The highest BCUT2D eigenvalue weighted by atomic mass is 16.2. The molecule has 0 bridgehead atoms. The summed E-state index contributed by atoms with van der Waals surface area (Å²) >= 11 is 0. The molecule has 1 atom stereocenters. The van der Waals surface area contributed by atoms with Gasteiger partial charge in [-0.1, -0.05) is 0 Å². The normalized spacial score (nSPS) is 21.3. The molecular weight excluding hydrogens is 278 g/mol. The fourth-order valence-corrected chi connectivity index (χ4v) is 3.08. The lowest BCUT2D eigenvalue weighted by Crippen LogP contribution is -2.35. The molecule has 2 heterocycles. The second-order valence-corrected chi connectivity index (χ2v) is 6.40. The molecule has 1 aliphatic heterocycles. The van der Waals surface area contributed by atoms with E-state index in [-0.39, 0.29) is 11.9 Å². The summed E-state index contributed by atoms with van der Waals surface area (Å²) in [7, 11) is 0. The van der Waals surface area contributed by atoms with E-state index in [0.29, 0.717) is 18.4 Å². The van der Waals surface area contributed by atoms with Crippen LogP contribution < -0.4 is 10.6 Å². The lowest BCUT2D eigenvalue weighted by molar-refractivity contribution is 0.0740. The summed E-state index contributed by atoms with van der Waals surface area (Å²) in [6, 6.07) is 0.568. The molecule has 2 fully saturated rings. The molecule has 120 valence electrons. The monoisotopic (exact) mass is 303 g/mol. The van der Waals surface area contributed by atoms with E-state index in [1.807, 2.05) is 25.7 Å². The molecule has 6 heteroatoms. The second-order valence-electron chi connectivity index (χ2n) is 6.40. The van der Waals surface area contributed by atoms with Gasteiger partial charge in [0.15, 0.2) is 0 Å². The molecule has 0 aromatic carbocycles. The molecule has 0 unspecified atom stereocenters. The molecule has 1 aromatic rings. The number of aryl methyl sites for hydroxylation is 1. The third-order valence-corrected chi connectivity index (χ3v) is 4.67. The van der Waals surface area contributed by atoms with Gasteiger partial charge in [-0.2, -0.15) is 0 Å². The van der Waals surface area contributed by atoms with Gasteiger partial charge < -0.3 is 15.5 Å². The van der Waals surface area contributed by atoms with Crippen LogP contribution >= 0.6 is 0 Å². The van der Waals surface area contributed by atoms with Crippen LogP contribution in [0.25, 0.3) is 0 Å². The first-order valence-electron chi connectivity index (χ1n) is 8.18. The van der Waals surface area contributed by atoms with Crippen LogP contribution in [0.1, 0.15) is 48.1 Å². The van der Waals surface area contributed by atoms with Crippen molar-refractivity contribution in [3.8, 4) is 0 Å². The van der Waals surface area contributed by atoms with Crippen LogP contribution in [0.3, 0.4) is 0 Å². The van der Waals surface area contributed by atoms with Crippen molar-refractivity contribution in [2.45, 2.75) is 52.1 Å². The first-order chi connectivity index (χ1) is 10.5. The summed E-state index contributed by atoms with van der Waals surface area (Å²) in [6.07, 6.45) is 3.16. The Hall–Kier alpha value is -1.69. The first-order valence-corrected chi connectivity index (χ1v) is 8.18. The van der Waals surface area contributed by atoms with Crippen LogP contribution in [0.15, 0.2) is 0 Å². The van der Waals surface area contributed by atoms with Crippen LogP contribution in [0.5, 0.6) is 0 Å². The average Bonchev–Trinajstić information content (AvgIpc) is 3.23. The number of anilines is 1. The standard InChI is InChI=1S/C16H25N5O/c1-4-21(13-5-6-13)16(22)14-18-11(3)10(2)15(19-14)20-8-7-12(17)9-20/h12-13H,4-9,17H2,1-3H3/t12-/m1/s1. The molecule has 1 aliphatic carbocycles. The Bertz CT molecular complexity index is 584. The van der Waals surface area contributed by atoms with Gasteiger partial charge in [-0.05, 0) is 40.0 Å². The number of nitrogens with two attached hydrogens (primary N) is 1. The zero-order chi connectivity index (χ0) is 15.9. The van der Waals surface area contributed by atoms with E-state index in [0.717, 1.165) is 49.4 Å². The van der Waals surface area contributed by atoms with E-state index < -0.39 is 0 Å². The molecule has 1 saturated carbocycles. The highest BCUT2D eigenvalue weighted by Crippen LogP contribution is 2.29. The van der Waals surface area contributed by atoms with E-state index in [1.165, 1.54) is 0 Å². The third kappa shape index (κ3) is 2.79. The number of amides is 1. The number of carbonyl (C=O) groups is 1. The maximum Gasteiger partial charge on any atom is 0.291 e. The van der Waals surface area contributed by atoms with Crippen molar-refractivity contribution in [3.63, 3.8) is 0 Å². The molecule has 1 amide bonds. The van der Waals surface area contributed by atoms with Gasteiger partial charge >= 0.3 is 0 Å². The molecule has 6 nitrogen and oxygen atoms in total. The Morgan fingerprint density at radius 3 is 2.59 bits per heavy atom. The minimum Gasteiger partial charge on any atom is -0.355 e. The van der Waals surface area contributed by atoms with Crippen molar-refractivity contribution in [2.75, 3.05) is 24.5 Å². The highest BCUT2D eigenvalue weighted by Gasteiger charge is 2.34. The van der Waals surface area contributed by atoms with Crippen LogP contribution in [-0.2, 0) is 0 Å². The SMILES string of the molecule is CCN(C(=O)c1nc(C)c(C)c(N2CC[C@@H](N)C2)n1)C1CC1. The minimum absolute atomic E-state index is 0.0437. The van der Waals surface area contributed by atoms with E-state index in [1.54, 1.807) is 0 Å². The van der Waals surface area contributed by atoms with Gasteiger partial charge in [0.2, 0.25) is 5.82 Å². The molecule has 22 heavy (non-hydrogen) atoms. The summed E-state index contributed by atoms with van der Waals surface area (Å²) in [6.45, 7) is 8.38. The summed E-state index contributed by atoms with van der Waals surface area (Å²) < 4.78 is 0. The zero-order valence-corrected chi connectivity index (χ0v) is 13.7. The number of hydrogen-bond acceptors (Lipinski definition) is 5. The van der Waals surface area contributed by atoms with E-state index in [2.05, 4.69) is 14.9 Å². The quantitative estimate of drug-likeness (QED) is 0.906. The Balaban J connectivity index is 1.91. The minimum atomic E-state index is -0.0437. The summed E-state index contributed by atoms with van der Waals surface area (Å²) in [4.78, 5) is 25.8. The summed E-state index contributed by atoms with van der Waals surface area (Å²) in [5.74, 6) is 1.15. The maximum atomic E-state index is 12.7. The van der Waals surface area contributed by atoms with Crippen molar-refractivity contribution in [3.05, 3.63) is 17.1 Å². The van der Waals surface area contributed by atoms with E-state index >= 15 is 0 Å². The lowest BCUT2D eigenvalue weighted by Gasteiger charge is -2.23. The summed E-state index contributed by atoms with van der Waals surface area (Å²) in [5, 5.41) is 0. The number of nitrogens with zero attached hydrogens (tertiary/aromatic N) is 4. The maximum absolute atomic E-state index is 12.7. The molecule has 2 aliphatic rings. The van der Waals surface area contributed by atoms with Crippen molar-refractivity contribution < 1.29 is 4.79 Å². The number of aromatic nitrogens is 2. The Kier molecular flexibility index (Phi) is 4.04. The largest absolute Gasteiger partial charge is 0.355 e. The fraction of sp³-hybridized carbons (Fsp3) is 0.688. The molecule has 1 saturated heterocycles. The average molecular weight is 303 g/mol. The smallest absolute Gasteiger partial charge is 0.291 e. The lowest BCUT2D eigenvalue weighted by atomic mass is 10.2. The number of carbonyl (C=O) groups excluding carboxylic acids is 1. The highest BCUT2D eigenvalue weighted by molar-refractivity contribution is 5.91. The number of rotatable bonds is 4. The van der Waals surface area contributed by atoms with Gasteiger partial charge in [0.05, 0.1) is 0 Å². The van der Waals surface area contributed by atoms with Crippen molar-refractivity contribution in [1.82, 2.24) is 14.9 Å². The van der Waals surface area contributed by atoms with E-state index in [9.17, 15) is 4.79 Å². The Morgan fingerprint density at radius 2 is 2.05 bits per heavy atom. The molecule has 3 rings (SSSR count). The fourth-order valence-electron chi connectivity index (χ4n) is 3.08. The third-order valence-electron chi connectivity index (χ3n) is 4.67. The molecule has 1 aromatic heterocycles. The molecule has 0 spiro atoms. The van der Waals surface area contributed by atoms with E-state index in [4.69, 9.17) is 5.73 Å². The first kappa shape index (κ1) is 15.2. The van der Waals surface area contributed by atoms with Crippen LogP contribution in [0.4, 0.5) is 5.82 Å². The summed E-state index contributed by atoms with van der Waals surface area (Å²) in [5.41, 5.74) is 7.92. The van der Waals surface area contributed by atoms with Gasteiger partial charge in [-0.25, -0.2) is 9.97 Å². The van der Waals surface area contributed by atoms with Gasteiger partial charge in [0.25, 0.3) is 5.91 Å². The Morgan fingerprint density at radius 1 is 1.32 bits per heavy atom. The predicted molar refractivity (Wildman–Crippen MR) is 86.0 cm³/mol. The van der Waals surface area contributed by atoms with Gasteiger partial charge in [0, 0.05) is 43.0 Å². The second kappa shape index (κ2) is 5.83. The van der Waals surface area contributed by atoms with Gasteiger partial charge in [-0.3, -0.25) is 4.79 Å². The predicted octanol–water partition coefficient (Wildman–Crippen LogP) is 1.26. The number of hydrogen-bond donors (Lipinski definition) is 1. The molecular formula is C16H25N5O. The zero-order valence-electron chi connectivity index (χ0n) is 13.7. The van der Waals surface area contributed by atoms with Gasteiger partial charge in [0.1, 0.15) is 5.82 Å². The van der Waals surface area contributed by atoms with Crippen LogP contribution in [0.2, 0.25) is 0 Å².